The van der Waals surface area contributed by atoms with Gasteiger partial charge >= 0.3 is 23.5 Å². The summed E-state index contributed by atoms with van der Waals surface area (Å²) in [5.74, 6) is -4.16. The number of carbonyl (C=O) groups is 4. The standard InChI is InChI=1S/C22H20ClNO8/c1-4-29-20(27)22(32-12(3)25,21(28)30-5-2)17-14-9-8-13(23)11-15(14)24-18(17)19(26)16-7-6-10-31-16/h6-11,24H,4-5H2,1-3H3. The van der Waals surface area contributed by atoms with E-state index in [4.69, 9.17) is 30.2 Å². The molecule has 0 spiro atoms. The van der Waals surface area contributed by atoms with Gasteiger partial charge in [-0.25, -0.2) is 9.59 Å². The molecule has 168 valence electrons. The molecule has 0 aliphatic carbocycles. The largest absolute Gasteiger partial charge is 0.462 e. The third kappa shape index (κ3) is 3.99. The quantitative estimate of drug-likeness (QED) is 0.234. The second-order valence-corrected chi connectivity index (χ2v) is 7.02. The number of H-pyrrole nitrogens is 1. The van der Waals surface area contributed by atoms with Gasteiger partial charge in [-0.1, -0.05) is 17.7 Å². The molecule has 0 amide bonds. The Kier molecular flexibility index (Phi) is 6.69. The minimum atomic E-state index is -2.71. The third-order valence-corrected chi connectivity index (χ3v) is 4.74. The van der Waals surface area contributed by atoms with E-state index in [0.29, 0.717) is 10.5 Å². The Bertz CT molecular complexity index is 1160. The molecule has 2 aromatic heterocycles. The number of nitrogens with one attached hydrogen (secondary N) is 1. The Morgan fingerprint density at radius 1 is 1.06 bits per heavy atom. The zero-order valence-corrected chi connectivity index (χ0v) is 18.3. The number of carbonyl (C=O) groups excluding carboxylic acids is 4. The van der Waals surface area contributed by atoms with Crippen LogP contribution in [-0.2, 0) is 34.2 Å². The normalized spacial score (nSPS) is 11.2. The number of halogens is 1. The maximum absolute atomic E-state index is 13.3. The third-order valence-electron chi connectivity index (χ3n) is 4.51. The Labute approximate surface area is 187 Å². The summed E-state index contributed by atoms with van der Waals surface area (Å²) in [4.78, 5) is 54.7. The number of hydrogen-bond donors (Lipinski definition) is 1. The van der Waals surface area contributed by atoms with Crippen molar-refractivity contribution in [3.05, 3.63) is 58.6 Å². The zero-order valence-electron chi connectivity index (χ0n) is 17.5. The summed E-state index contributed by atoms with van der Waals surface area (Å²) in [5.41, 5.74) is -2.86. The average Bonchev–Trinajstić information content (AvgIpc) is 3.39. The molecule has 32 heavy (non-hydrogen) atoms. The Balaban J connectivity index is 2.44. The van der Waals surface area contributed by atoms with Crippen molar-refractivity contribution in [2.24, 2.45) is 0 Å². The molecule has 9 nitrogen and oxygen atoms in total. The highest BCUT2D eigenvalue weighted by atomic mass is 35.5. The maximum atomic E-state index is 13.3. The molecular formula is C22H20ClNO8. The summed E-state index contributed by atoms with van der Waals surface area (Å²) in [6, 6.07) is 7.39. The van der Waals surface area contributed by atoms with Crippen LogP contribution in [-0.4, -0.2) is 41.9 Å². The highest BCUT2D eigenvalue weighted by molar-refractivity contribution is 6.31. The van der Waals surface area contributed by atoms with Gasteiger partial charge in [-0.2, -0.15) is 0 Å². The Morgan fingerprint density at radius 3 is 2.25 bits per heavy atom. The summed E-state index contributed by atoms with van der Waals surface area (Å²) in [6.07, 6.45) is 1.29. The van der Waals surface area contributed by atoms with Crippen molar-refractivity contribution >= 4 is 46.2 Å². The van der Waals surface area contributed by atoms with E-state index in [0.717, 1.165) is 6.92 Å². The van der Waals surface area contributed by atoms with Gasteiger partial charge in [-0.05, 0) is 38.1 Å². The van der Waals surface area contributed by atoms with Gasteiger partial charge in [-0.3, -0.25) is 9.59 Å². The Hall–Kier alpha value is -3.59. The molecule has 0 atom stereocenters. The van der Waals surface area contributed by atoms with E-state index in [1.54, 1.807) is 0 Å². The molecule has 0 radical (unpaired) electrons. The van der Waals surface area contributed by atoms with Crippen LogP contribution in [0, 0.1) is 0 Å². The summed E-state index contributed by atoms with van der Waals surface area (Å²) in [6.45, 7) is 3.80. The SMILES string of the molecule is CCOC(=O)C(OC(C)=O)(C(=O)OCC)c1c(C(=O)c2ccco2)[nH]c2cc(Cl)ccc12. The van der Waals surface area contributed by atoms with Gasteiger partial charge in [0, 0.05) is 22.8 Å². The molecule has 0 saturated carbocycles. The molecule has 1 aromatic carbocycles. The van der Waals surface area contributed by atoms with Crippen LogP contribution in [0.5, 0.6) is 0 Å². The van der Waals surface area contributed by atoms with Crippen molar-refractivity contribution in [1.82, 2.24) is 4.98 Å². The molecule has 0 fully saturated rings. The molecule has 3 aromatic rings. The summed E-state index contributed by atoms with van der Waals surface area (Å²) < 4.78 is 20.7. The average molecular weight is 462 g/mol. The van der Waals surface area contributed by atoms with E-state index in [-0.39, 0.29) is 35.6 Å². The highest BCUT2D eigenvalue weighted by Gasteiger charge is 2.58. The van der Waals surface area contributed by atoms with Crippen molar-refractivity contribution in [1.29, 1.82) is 0 Å². The maximum Gasteiger partial charge on any atom is 0.367 e. The minimum absolute atomic E-state index is 0.0756. The van der Waals surface area contributed by atoms with E-state index in [9.17, 15) is 19.2 Å². The van der Waals surface area contributed by atoms with E-state index in [1.807, 2.05) is 0 Å². The van der Waals surface area contributed by atoms with E-state index < -0.39 is 29.3 Å². The number of ketones is 1. The number of rotatable bonds is 8. The molecule has 1 N–H and O–H groups in total. The van der Waals surface area contributed by atoms with E-state index >= 15 is 0 Å². The van der Waals surface area contributed by atoms with Gasteiger partial charge in [0.25, 0.3) is 0 Å². The van der Waals surface area contributed by atoms with Crippen LogP contribution in [0.2, 0.25) is 5.02 Å². The van der Waals surface area contributed by atoms with Crippen molar-refractivity contribution in [3.63, 3.8) is 0 Å². The molecule has 0 unspecified atom stereocenters. The monoisotopic (exact) mass is 461 g/mol. The van der Waals surface area contributed by atoms with Gasteiger partial charge in [0.1, 0.15) is 0 Å². The minimum Gasteiger partial charge on any atom is -0.462 e. The molecule has 0 bridgehead atoms. The summed E-state index contributed by atoms with van der Waals surface area (Å²) >= 11 is 6.09. The van der Waals surface area contributed by atoms with Crippen LogP contribution in [0.3, 0.4) is 0 Å². The van der Waals surface area contributed by atoms with Crippen LogP contribution in [0.25, 0.3) is 10.9 Å². The van der Waals surface area contributed by atoms with Gasteiger partial charge in [0.05, 0.1) is 30.7 Å². The topological polar surface area (TPSA) is 125 Å². The lowest BCUT2D eigenvalue weighted by Crippen LogP contribution is -2.50. The Morgan fingerprint density at radius 2 is 1.72 bits per heavy atom. The first-order valence-electron chi connectivity index (χ1n) is 9.70. The summed E-state index contributed by atoms with van der Waals surface area (Å²) in [7, 11) is 0. The van der Waals surface area contributed by atoms with Crippen LogP contribution in [0.4, 0.5) is 0 Å². The van der Waals surface area contributed by atoms with Crippen LogP contribution < -0.4 is 0 Å². The molecule has 0 aliphatic rings. The van der Waals surface area contributed by atoms with Crippen LogP contribution >= 0.6 is 11.6 Å². The lowest BCUT2D eigenvalue weighted by molar-refractivity contribution is -0.197. The smallest absolute Gasteiger partial charge is 0.367 e. The van der Waals surface area contributed by atoms with Crippen LogP contribution in [0.1, 0.15) is 42.6 Å². The predicted molar refractivity (Wildman–Crippen MR) is 112 cm³/mol. The van der Waals surface area contributed by atoms with E-state index in [1.165, 1.54) is 50.4 Å². The van der Waals surface area contributed by atoms with Crippen molar-refractivity contribution in [2.75, 3.05) is 13.2 Å². The number of aromatic amines is 1. The van der Waals surface area contributed by atoms with Gasteiger partial charge in [-0.15, -0.1) is 0 Å². The van der Waals surface area contributed by atoms with Gasteiger partial charge < -0.3 is 23.6 Å². The van der Waals surface area contributed by atoms with Crippen molar-refractivity contribution < 1.29 is 37.8 Å². The van der Waals surface area contributed by atoms with Crippen molar-refractivity contribution in [3.8, 4) is 0 Å². The number of benzene rings is 1. The summed E-state index contributed by atoms with van der Waals surface area (Å²) in [5, 5.41) is 0.555. The lowest BCUT2D eigenvalue weighted by Gasteiger charge is -2.29. The molecular weight excluding hydrogens is 442 g/mol. The predicted octanol–water partition coefficient (Wildman–Crippen LogP) is 3.53. The number of ether oxygens (including phenoxy) is 3. The van der Waals surface area contributed by atoms with Gasteiger partial charge in [0.15, 0.2) is 5.76 Å². The molecule has 0 aliphatic heterocycles. The fourth-order valence-electron chi connectivity index (χ4n) is 3.34. The number of aromatic nitrogens is 1. The number of fused-ring (bicyclic) bond motifs is 1. The number of furan rings is 1. The fourth-order valence-corrected chi connectivity index (χ4v) is 3.51. The lowest BCUT2D eigenvalue weighted by atomic mass is 9.88. The van der Waals surface area contributed by atoms with Crippen LogP contribution in [0.15, 0.2) is 41.0 Å². The zero-order chi connectivity index (χ0) is 23.5. The fraction of sp³-hybridized carbons (Fsp3) is 0.273. The first kappa shape index (κ1) is 23.1. The second kappa shape index (κ2) is 9.27. The molecule has 0 saturated heterocycles. The number of esters is 3. The van der Waals surface area contributed by atoms with Gasteiger partial charge in [0.2, 0.25) is 5.78 Å². The molecule has 3 rings (SSSR count). The molecule has 2 heterocycles. The first-order chi connectivity index (χ1) is 15.3. The van der Waals surface area contributed by atoms with E-state index in [2.05, 4.69) is 4.98 Å². The second-order valence-electron chi connectivity index (χ2n) is 6.59. The van der Waals surface area contributed by atoms with Crippen molar-refractivity contribution in [2.45, 2.75) is 26.4 Å². The number of hydrogen-bond acceptors (Lipinski definition) is 8. The first-order valence-corrected chi connectivity index (χ1v) is 10.1. The highest BCUT2D eigenvalue weighted by Crippen LogP contribution is 2.39. The molecule has 10 heteroatoms.